The van der Waals surface area contributed by atoms with Crippen LogP contribution in [0.1, 0.15) is 36.7 Å². The summed E-state index contributed by atoms with van der Waals surface area (Å²) in [4.78, 5) is 34.1. The summed E-state index contributed by atoms with van der Waals surface area (Å²) in [7, 11) is 0. The zero-order valence-corrected chi connectivity index (χ0v) is 15.2. The van der Waals surface area contributed by atoms with Crippen LogP contribution in [0.3, 0.4) is 0 Å². The van der Waals surface area contributed by atoms with Crippen molar-refractivity contribution in [3.05, 3.63) is 69.8 Å². The van der Waals surface area contributed by atoms with E-state index in [1.54, 1.807) is 24.3 Å². The van der Waals surface area contributed by atoms with Crippen LogP contribution < -0.4 is 10.7 Å². The van der Waals surface area contributed by atoms with Crippen LogP contribution in [0.2, 0.25) is 0 Å². The molecule has 8 heteroatoms. The molecular formula is C19H20N4O4. The van der Waals surface area contributed by atoms with Crippen molar-refractivity contribution in [2.45, 2.75) is 20.8 Å². The Labute approximate surface area is 156 Å². The minimum absolute atomic E-state index is 0.0187. The van der Waals surface area contributed by atoms with E-state index >= 15 is 0 Å². The van der Waals surface area contributed by atoms with Crippen LogP contribution in [0.15, 0.2) is 53.6 Å². The van der Waals surface area contributed by atoms with Gasteiger partial charge in [0, 0.05) is 28.8 Å². The lowest BCUT2D eigenvalue weighted by Gasteiger charge is -2.17. The van der Waals surface area contributed by atoms with Crippen LogP contribution in [-0.2, 0) is 4.79 Å². The lowest BCUT2D eigenvalue weighted by Crippen LogP contribution is -2.27. The van der Waals surface area contributed by atoms with Gasteiger partial charge in [-0.1, -0.05) is 20.8 Å². The lowest BCUT2D eigenvalue weighted by molar-refractivity contribution is -0.384. The molecule has 0 saturated heterocycles. The first-order chi connectivity index (χ1) is 12.7. The van der Waals surface area contributed by atoms with Gasteiger partial charge in [-0.25, -0.2) is 5.43 Å². The van der Waals surface area contributed by atoms with Gasteiger partial charge in [0.05, 0.1) is 11.1 Å². The Balaban J connectivity index is 1.94. The Morgan fingerprint density at radius 2 is 1.63 bits per heavy atom. The molecule has 27 heavy (non-hydrogen) atoms. The highest BCUT2D eigenvalue weighted by atomic mass is 16.6. The second-order valence-electron chi connectivity index (χ2n) is 6.83. The van der Waals surface area contributed by atoms with Crippen LogP contribution in [0.4, 0.5) is 11.4 Å². The van der Waals surface area contributed by atoms with Crippen molar-refractivity contribution in [3.63, 3.8) is 0 Å². The minimum atomic E-state index is -0.511. The van der Waals surface area contributed by atoms with Gasteiger partial charge in [0.1, 0.15) is 0 Å². The van der Waals surface area contributed by atoms with Crippen LogP contribution >= 0.6 is 0 Å². The molecule has 0 aliphatic carbocycles. The number of hydrogen-bond donors (Lipinski definition) is 2. The maximum Gasteiger partial charge on any atom is 0.271 e. The first-order valence-electron chi connectivity index (χ1n) is 8.16. The third kappa shape index (κ3) is 5.74. The maximum atomic E-state index is 12.1. The lowest BCUT2D eigenvalue weighted by atomic mass is 9.95. The van der Waals surface area contributed by atoms with E-state index in [1.807, 2.05) is 20.8 Å². The van der Waals surface area contributed by atoms with E-state index in [4.69, 9.17) is 0 Å². The van der Waals surface area contributed by atoms with Crippen molar-refractivity contribution in [1.29, 1.82) is 0 Å². The van der Waals surface area contributed by atoms with E-state index in [0.29, 0.717) is 16.8 Å². The number of benzene rings is 2. The van der Waals surface area contributed by atoms with Gasteiger partial charge < -0.3 is 5.32 Å². The van der Waals surface area contributed by atoms with E-state index in [0.717, 1.165) is 0 Å². The summed E-state index contributed by atoms with van der Waals surface area (Å²) in [5.41, 5.74) is 3.44. The molecule has 0 spiro atoms. The number of carbonyl (C=O) groups is 2. The number of nitrogens with one attached hydrogen (secondary N) is 2. The summed E-state index contributed by atoms with van der Waals surface area (Å²) in [6, 6.07) is 12.2. The molecule has 0 unspecified atom stereocenters. The Bertz CT molecular complexity index is 866. The van der Waals surface area contributed by atoms with Crippen LogP contribution in [0.5, 0.6) is 0 Å². The molecule has 0 saturated carbocycles. The number of nitro groups is 1. The van der Waals surface area contributed by atoms with Gasteiger partial charge in [-0.15, -0.1) is 0 Å². The number of hydrogen-bond acceptors (Lipinski definition) is 5. The molecule has 140 valence electrons. The second-order valence-corrected chi connectivity index (χ2v) is 6.83. The van der Waals surface area contributed by atoms with Crippen LogP contribution in [0.25, 0.3) is 0 Å². The second kappa shape index (κ2) is 8.22. The van der Waals surface area contributed by atoms with Crippen molar-refractivity contribution >= 4 is 29.4 Å². The first-order valence-corrected chi connectivity index (χ1v) is 8.16. The zero-order valence-electron chi connectivity index (χ0n) is 15.2. The van der Waals surface area contributed by atoms with Gasteiger partial charge in [-0.3, -0.25) is 19.7 Å². The number of carbonyl (C=O) groups excluding carboxylic acids is 2. The zero-order chi connectivity index (χ0) is 20.0. The number of non-ortho nitro benzene ring substituents is 1. The summed E-state index contributed by atoms with van der Waals surface area (Å²) < 4.78 is 0. The molecule has 2 aromatic rings. The molecular weight excluding hydrogens is 348 g/mol. The molecule has 8 nitrogen and oxygen atoms in total. The molecule has 0 radical (unpaired) electrons. The van der Waals surface area contributed by atoms with E-state index in [1.165, 1.54) is 30.5 Å². The van der Waals surface area contributed by atoms with Crippen molar-refractivity contribution in [1.82, 2.24) is 5.43 Å². The van der Waals surface area contributed by atoms with Gasteiger partial charge >= 0.3 is 0 Å². The highest BCUT2D eigenvalue weighted by Gasteiger charge is 2.21. The van der Waals surface area contributed by atoms with E-state index in [2.05, 4.69) is 15.8 Å². The fourth-order valence-corrected chi connectivity index (χ4v) is 1.94. The Hall–Kier alpha value is -3.55. The third-order valence-electron chi connectivity index (χ3n) is 3.57. The average Bonchev–Trinajstić information content (AvgIpc) is 2.62. The number of rotatable bonds is 5. The molecule has 0 aliphatic rings. The standard InChI is InChI=1S/C19H20N4O4/c1-19(2,3)18(25)21-15-8-6-14(7-9-15)17(24)22-20-12-13-4-10-16(11-5-13)23(26)27/h4-12H,1-3H3,(H,21,25)(H,22,24). The Morgan fingerprint density at radius 3 is 2.15 bits per heavy atom. The Morgan fingerprint density at radius 1 is 1.04 bits per heavy atom. The molecule has 0 fully saturated rings. The minimum Gasteiger partial charge on any atom is -0.326 e. The third-order valence-corrected chi connectivity index (χ3v) is 3.57. The molecule has 2 N–H and O–H groups in total. The number of nitrogens with zero attached hydrogens (tertiary/aromatic N) is 2. The maximum absolute atomic E-state index is 12.1. The molecule has 2 aromatic carbocycles. The highest BCUT2D eigenvalue weighted by molar-refractivity contribution is 5.97. The predicted octanol–water partition coefficient (Wildman–Crippen LogP) is 3.34. The molecule has 2 rings (SSSR count). The summed E-state index contributed by atoms with van der Waals surface area (Å²) >= 11 is 0. The number of anilines is 1. The van der Waals surface area contributed by atoms with Crippen LogP contribution in [0, 0.1) is 15.5 Å². The van der Waals surface area contributed by atoms with Crippen molar-refractivity contribution < 1.29 is 14.5 Å². The smallest absolute Gasteiger partial charge is 0.271 e. The fraction of sp³-hybridized carbons (Fsp3) is 0.211. The van der Waals surface area contributed by atoms with Gasteiger partial charge in [0.2, 0.25) is 5.91 Å². The topological polar surface area (TPSA) is 114 Å². The molecule has 0 aliphatic heterocycles. The summed E-state index contributed by atoms with van der Waals surface area (Å²) in [6.45, 7) is 5.44. The van der Waals surface area contributed by atoms with Gasteiger partial charge in [-0.2, -0.15) is 5.10 Å². The fourth-order valence-electron chi connectivity index (χ4n) is 1.94. The molecule has 0 atom stereocenters. The number of amides is 2. The molecule has 0 heterocycles. The SMILES string of the molecule is CC(C)(C)C(=O)Nc1ccc(C(=O)NN=Cc2ccc([N+](=O)[O-])cc2)cc1. The normalized spacial score (nSPS) is 11.2. The van der Waals surface area contributed by atoms with Gasteiger partial charge in [-0.05, 0) is 42.0 Å². The highest BCUT2D eigenvalue weighted by Crippen LogP contribution is 2.17. The predicted molar refractivity (Wildman–Crippen MR) is 103 cm³/mol. The summed E-state index contributed by atoms with van der Waals surface area (Å²) in [6.07, 6.45) is 1.39. The first kappa shape index (κ1) is 19.8. The van der Waals surface area contributed by atoms with E-state index < -0.39 is 16.2 Å². The number of hydrazone groups is 1. The summed E-state index contributed by atoms with van der Waals surface area (Å²) in [5, 5.41) is 17.2. The van der Waals surface area contributed by atoms with Crippen molar-refractivity contribution in [2.75, 3.05) is 5.32 Å². The van der Waals surface area contributed by atoms with Gasteiger partial charge in [0.15, 0.2) is 0 Å². The molecule has 2 amide bonds. The van der Waals surface area contributed by atoms with Crippen molar-refractivity contribution in [2.24, 2.45) is 10.5 Å². The van der Waals surface area contributed by atoms with Gasteiger partial charge in [0.25, 0.3) is 11.6 Å². The average molecular weight is 368 g/mol. The monoisotopic (exact) mass is 368 g/mol. The van der Waals surface area contributed by atoms with Crippen LogP contribution in [-0.4, -0.2) is 23.0 Å². The summed E-state index contributed by atoms with van der Waals surface area (Å²) in [5.74, 6) is -0.533. The molecule has 0 aromatic heterocycles. The van der Waals surface area contributed by atoms with E-state index in [-0.39, 0.29) is 11.6 Å². The quantitative estimate of drug-likeness (QED) is 0.478. The molecule has 0 bridgehead atoms. The van der Waals surface area contributed by atoms with E-state index in [9.17, 15) is 19.7 Å². The largest absolute Gasteiger partial charge is 0.326 e. The number of nitro benzene ring substituents is 1. The van der Waals surface area contributed by atoms with Crippen molar-refractivity contribution in [3.8, 4) is 0 Å². The Kier molecular flexibility index (Phi) is 6.02.